The predicted molar refractivity (Wildman–Crippen MR) is 121 cm³/mol. The molecule has 1 aromatic carbocycles. The average molecular weight is 411 g/mol. The Balaban J connectivity index is 1.44. The number of benzene rings is 1. The highest BCUT2D eigenvalue weighted by Crippen LogP contribution is 2.65. The Morgan fingerprint density at radius 1 is 1.17 bits per heavy atom. The van der Waals surface area contributed by atoms with E-state index in [1.165, 1.54) is 12.0 Å². The average Bonchev–Trinajstić information content (AvgIpc) is 3.04. The van der Waals surface area contributed by atoms with Crippen molar-refractivity contribution in [3.63, 3.8) is 0 Å². The molecule has 3 saturated carbocycles. The number of carbonyl (C=O) groups is 1. The molecule has 1 N–H and O–H groups in total. The molecule has 4 aliphatic rings. The van der Waals surface area contributed by atoms with Gasteiger partial charge in [-0.1, -0.05) is 65.0 Å². The number of nitrogens with one attached hydrogen (secondary N) is 1. The standard InChI is InChI=1S/C25H38BNO3/c1-16(2)12-22(27-23(28)17(3)13-18-10-8-7-9-11-18)26-29-21-15-19-14-20(24(19,4)5)25(21,6)30-26/h7-11,16-17,19-22H,12-15H2,1-6H3,(H,27,28)/t17-,19-,20-,21+,22-,25-/m0/s1. The molecule has 0 aromatic heterocycles. The molecule has 0 spiro atoms. The van der Waals surface area contributed by atoms with Crippen molar-refractivity contribution < 1.29 is 14.1 Å². The van der Waals surface area contributed by atoms with Crippen LogP contribution in [0, 0.1) is 29.1 Å². The van der Waals surface area contributed by atoms with E-state index in [0.717, 1.165) is 25.2 Å². The van der Waals surface area contributed by atoms with Crippen LogP contribution in [0.2, 0.25) is 0 Å². The van der Waals surface area contributed by atoms with Gasteiger partial charge in [0.25, 0.3) is 0 Å². The van der Waals surface area contributed by atoms with E-state index < -0.39 is 0 Å². The summed E-state index contributed by atoms with van der Waals surface area (Å²) >= 11 is 0. The Bertz CT molecular complexity index is 767. The molecule has 4 fully saturated rings. The van der Waals surface area contributed by atoms with Crippen LogP contribution in [0.25, 0.3) is 0 Å². The number of carbonyl (C=O) groups excluding carboxylic acids is 1. The molecule has 4 nitrogen and oxygen atoms in total. The summed E-state index contributed by atoms with van der Waals surface area (Å²) < 4.78 is 13.2. The largest absolute Gasteiger partial charge is 0.481 e. The van der Waals surface area contributed by atoms with Gasteiger partial charge in [-0.05, 0) is 61.3 Å². The van der Waals surface area contributed by atoms with Crippen LogP contribution in [-0.2, 0) is 20.5 Å². The summed E-state index contributed by atoms with van der Waals surface area (Å²) in [6.45, 7) is 13.4. The summed E-state index contributed by atoms with van der Waals surface area (Å²) in [6.07, 6.45) is 4.06. The zero-order chi connectivity index (χ0) is 21.7. The molecule has 3 aliphatic carbocycles. The predicted octanol–water partition coefficient (Wildman–Crippen LogP) is 4.66. The van der Waals surface area contributed by atoms with E-state index in [1.807, 2.05) is 25.1 Å². The fourth-order valence-corrected chi connectivity index (χ4v) is 6.20. The lowest BCUT2D eigenvalue weighted by Crippen LogP contribution is -2.65. The molecular formula is C25H38BNO3. The van der Waals surface area contributed by atoms with Gasteiger partial charge < -0.3 is 14.6 Å². The van der Waals surface area contributed by atoms with Crippen molar-refractivity contribution in [3.05, 3.63) is 35.9 Å². The topological polar surface area (TPSA) is 47.6 Å². The molecule has 164 valence electrons. The van der Waals surface area contributed by atoms with Gasteiger partial charge in [-0.25, -0.2) is 0 Å². The van der Waals surface area contributed by atoms with Crippen molar-refractivity contribution in [1.29, 1.82) is 0 Å². The van der Waals surface area contributed by atoms with Crippen LogP contribution in [0.1, 0.15) is 66.4 Å². The number of rotatable bonds is 7. The molecule has 1 aliphatic heterocycles. The molecule has 6 atom stereocenters. The van der Waals surface area contributed by atoms with Gasteiger partial charge in [0.1, 0.15) is 0 Å². The van der Waals surface area contributed by atoms with Gasteiger partial charge in [-0.3, -0.25) is 4.79 Å². The fourth-order valence-electron chi connectivity index (χ4n) is 6.20. The SMILES string of the molecule is CC(C)C[C@H](NC(=O)[C@@H](C)Cc1ccccc1)B1O[C@@H]2C[C@@H]3C[C@@H](C3(C)C)[C@]2(C)O1. The van der Waals surface area contributed by atoms with Crippen molar-refractivity contribution in [2.24, 2.45) is 29.1 Å². The fraction of sp³-hybridized carbons (Fsp3) is 0.720. The quantitative estimate of drug-likeness (QED) is 0.664. The van der Waals surface area contributed by atoms with E-state index in [-0.39, 0.29) is 36.6 Å². The van der Waals surface area contributed by atoms with Gasteiger partial charge in [0.15, 0.2) is 0 Å². The van der Waals surface area contributed by atoms with E-state index >= 15 is 0 Å². The monoisotopic (exact) mass is 411 g/mol. The minimum atomic E-state index is -0.356. The lowest BCUT2D eigenvalue weighted by Gasteiger charge is -2.64. The van der Waals surface area contributed by atoms with Crippen LogP contribution in [-0.4, -0.2) is 30.7 Å². The Labute approximate surface area is 182 Å². The first-order valence-electron chi connectivity index (χ1n) is 11.8. The van der Waals surface area contributed by atoms with E-state index in [9.17, 15) is 4.79 Å². The Morgan fingerprint density at radius 3 is 2.50 bits per heavy atom. The molecular weight excluding hydrogens is 373 g/mol. The van der Waals surface area contributed by atoms with Crippen molar-refractivity contribution in [1.82, 2.24) is 5.32 Å². The van der Waals surface area contributed by atoms with E-state index in [0.29, 0.717) is 17.3 Å². The third kappa shape index (κ3) is 3.84. The molecule has 0 unspecified atom stereocenters. The molecule has 1 aromatic rings. The summed E-state index contributed by atoms with van der Waals surface area (Å²) in [5.74, 6) is 1.60. The maximum Gasteiger partial charge on any atom is 0.481 e. The van der Waals surface area contributed by atoms with Crippen LogP contribution in [0.15, 0.2) is 30.3 Å². The van der Waals surface area contributed by atoms with Gasteiger partial charge in [0.05, 0.1) is 17.6 Å². The van der Waals surface area contributed by atoms with Gasteiger partial charge in [-0.15, -0.1) is 0 Å². The van der Waals surface area contributed by atoms with E-state index in [2.05, 4.69) is 52.1 Å². The minimum absolute atomic E-state index is 0.0846. The summed E-state index contributed by atoms with van der Waals surface area (Å²) in [5, 5.41) is 3.30. The lowest BCUT2D eigenvalue weighted by molar-refractivity contribution is -0.199. The van der Waals surface area contributed by atoms with Crippen LogP contribution in [0.4, 0.5) is 0 Å². The van der Waals surface area contributed by atoms with Crippen molar-refractivity contribution in [2.45, 2.75) is 84.9 Å². The Hall–Kier alpha value is -1.33. The number of hydrogen-bond acceptors (Lipinski definition) is 3. The van der Waals surface area contributed by atoms with Crippen LogP contribution in [0.3, 0.4) is 0 Å². The van der Waals surface area contributed by atoms with E-state index in [1.54, 1.807) is 0 Å². The zero-order valence-corrected chi connectivity index (χ0v) is 19.5. The van der Waals surface area contributed by atoms with Crippen LogP contribution < -0.4 is 5.32 Å². The van der Waals surface area contributed by atoms with Crippen molar-refractivity contribution in [3.8, 4) is 0 Å². The van der Waals surface area contributed by atoms with Crippen molar-refractivity contribution >= 4 is 13.0 Å². The number of hydrogen-bond donors (Lipinski definition) is 1. The highest BCUT2D eigenvalue weighted by Gasteiger charge is 2.68. The molecule has 30 heavy (non-hydrogen) atoms. The van der Waals surface area contributed by atoms with Crippen LogP contribution in [0.5, 0.6) is 0 Å². The molecule has 1 amide bonds. The van der Waals surface area contributed by atoms with Gasteiger partial charge >= 0.3 is 7.12 Å². The maximum atomic E-state index is 13.0. The summed E-state index contributed by atoms with van der Waals surface area (Å²) in [5.41, 5.74) is 1.28. The van der Waals surface area contributed by atoms with Gasteiger partial charge in [0.2, 0.25) is 5.91 Å². The van der Waals surface area contributed by atoms with Crippen LogP contribution >= 0.6 is 0 Å². The second-order valence-corrected chi connectivity index (χ2v) is 11.2. The zero-order valence-electron chi connectivity index (χ0n) is 19.5. The first kappa shape index (κ1) is 21.9. The minimum Gasteiger partial charge on any atom is -0.404 e. The van der Waals surface area contributed by atoms with E-state index in [4.69, 9.17) is 9.31 Å². The molecule has 5 heteroatoms. The highest BCUT2D eigenvalue weighted by molar-refractivity contribution is 6.47. The Kier molecular flexibility index (Phi) is 5.82. The van der Waals surface area contributed by atoms with Gasteiger partial charge in [0, 0.05) is 5.92 Å². The summed E-state index contributed by atoms with van der Waals surface area (Å²) in [4.78, 5) is 13.0. The second kappa shape index (κ2) is 7.98. The smallest absolute Gasteiger partial charge is 0.404 e. The third-order valence-electron chi connectivity index (χ3n) is 8.18. The molecule has 0 radical (unpaired) electrons. The normalized spacial score (nSPS) is 33.6. The molecule has 5 rings (SSSR count). The highest BCUT2D eigenvalue weighted by atomic mass is 16.7. The molecule has 2 bridgehead atoms. The van der Waals surface area contributed by atoms with Crippen molar-refractivity contribution in [2.75, 3.05) is 0 Å². The molecule has 1 heterocycles. The number of amides is 1. The first-order chi connectivity index (χ1) is 14.1. The van der Waals surface area contributed by atoms with Gasteiger partial charge in [-0.2, -0.15) is 0 Å². The second-order valence-electron chi connectivity index (χ2n) is 11.2. The maximum absolute atomic E-state index is 13.0. The first-order valence-corrected chi connectivity index (χ1v) is 11.8. The molecule has 1 saturated heterocycles. The summed E-state index contributed by atoms with van der Waals surface area (Å²) in [7, 11) is -0.356. The Morgan fingerprint density at radius 2 is 1.87 bits per heavy atom. The third-order valence-corrected chi connectivity index (χ3v) is 8.18. The lowest BCUT2D eigenvalue weighted by atomic mass is 9.43. The summed E-state index contributed by atoms with van der Waals surface area (Å²) in [6, 6.07) is 10.2.